The number of hydrogen-bond donors (Lipinski definition) is 1. The minimum absolute atomic E-state index is 0.0289. The van der Waals surface area contributed by atoms with E-state index in [1.165, 1.54) is 4.52 Å². The van der Waals surface area contributed by atoms with Crippen LogP contribution in [0.2, 0.25) is 0 Å². The van der Waals surface area contributed by atoms with Crippen LogP contribution in [-0.2, 0) is 0 Å². The molecule has 0 spiro atoms. The number of rotatable bonds is 7. The average Bonchev–Trinajstić information content (AvgIpc) is 2.80. The third-order valence-corrected chi connectivity index (χ3v) is 3.69. The van der Waals surface area contributed by atoms with Crippen molar-refractivity contribution in [1.82, 2.24) is 14.5 Å². The minimum atomic E-state index is -0.382. The number of nitrogens with zero attached hydrogens (tertiary/aromatic N) is 4. The van der Waals surface area contributed by atoms with Crippen LogP contribution in [0.4, 0.5) is 11.5 Å². The lowest BCUT2D eigenvalue weighted by molar-refractivity contribution is -0.382. The van der Waals surface area contributed by atoms with E-state index in [4.69, 9.17) is 0 Å². The molecular weight excluding hydrogens is 282 g/mol. The van der Waals surface area contributed by atoms with Crippen molar-refractivity contribution in [2.24, 2.45) is 0 Å². The fraction of sp³-hybridized carbons (Fsp3) is 0.533. The first kappa shape index (κ1) is 16.2. The maximum atomic E-state index is 11.3. The molecule has 0 aliphatic rings. The van der Waals surface area contributed by atoms with Crippen molar-refractivity contribution in [3.8, 4) is 0 Å². The van der Waals surface area contributed by atoms with E-state index >= 15 is 0 Å². The molecule has 22 heavy (non-hydrogen) atoms. The van der Waals surface area contributed by atoms with Gasteiger partial charge in [-0.2, -0.15) is 0 Å². The van der Waals surface area contributed by atoms with E-state index in [0.717, 1.165) is 6.54 Å². The monoisotopic (exact) mass is 305 g/mol. The Balaban J connectivity index is 2.15. The summed E-state index contributed by atoms with van der Waals surface area (Å²) in [5, 5.41) is 18.7. The van der Waals surface area contributed by atoms with E-state index in [9.17, 15) is 10.1 Å². The second kappa shape index (κ2) is 6.74. The molecule has 0 aromatic carbocycles. The van der Waals surface area contributed by atoms with Crippen molar-refractivity contribution in [1.29, 1.82) is 0 Å². The summed E-state index contributed by atoms with van der Waals surface area (Å²) in [7, 11) is 0. The summed E-state index contributed by atoms with van der Waals surface area (Å²) in [6.45, 7) is 10.0. The van der Waals surface area contributed by atoms with Gasteiger partial charge in [-0.3, -0.25) is 15.0 Å². The topological polar surface area (TPSA) is 75.7 Å². The van der Waals surface area contributed by atoms with Gasteiger partial charge in [0.2, 0.25) is 5.82 Å². The number of pyridine rings is 1. The highest BCUT2D eigenvalue weighted by Crippen LogP contribution is 2.28. The normalized spacial score (nSPS) is 11.8. The molecule has 0 amide bonds. The predicted molar refractivity (Wildman–Crippen MR) is 87.3 cm³/mol. The zero-order chi connectivity index (χ0) is 16.3. The third kappa shape index (κ3) is 3.36. The number of aromatic nitrogens is 2. The first-order valence-corrected chi connectivity index (χ1v) is 7.53. The largest absolute Gasteiger partial charge is 0.362 e. The van der Waals surface area contributed by atoms with Crippen molar-refractivity contribution in [2.75, 3.05) is 18.4 Å². The molecule has 0 fully saturated rings. The van der Waals surface area contributed by atoms with Crippen LogP contribution in [0.25, 0.3) is 5.52 Å². The zero-order valence-electron chi connectivity index (χ0n) is 13.5. The van der Waals surface area contributed by atoms with E-state index in [1.807, 2.05) is 0 Å². The highest BCUT2D eigenvalue weighted by Gasteiger charge is 2.23. The first-order valence-electron chi connectivity index (χ1n) is 7.53. The van der Waals surface area contributed by atoms with Crippen LogP contribution in [0.3, 0.4) is 0 Å². The van der Waals surface area contributed by atoms with Crippen LogP contribution in [0, 0.1) is 10.1 Å². The molecular formula is C15H23N5O2. The number of nitrogens with one attached hydrogen (secondary N) is 1. The number of fused-ring (bicyclic) bond motifs is 1. The quantitative estimate of drug-likeness (QED) is 0.629. The van der Waals surface area contributed by atoms with Gasteiger partial charge in [0.1, 0.15) is 5.52 Å². The molecule has 0 radical (unpaired) electrons. The Hall–Kier alpha value is -2.15. The maximum absolute atomic E-state index is 11.3. The minimum Gasteiger partial charge on any atom is -0.362 e. The molecule has 7 nitrogen and oxygen atoms in total. The molecule has 7 heteroatoms. The lowest BCUT2D eigenvalue weighted by atomic mass is 10.2. The summed E-state index contributed by atoms with van der Waals surface area (Å²) in [5.41, 5.74) is 0.529. The third-order valence-electron chi connectivity index (χ3n) is 3.69. The predicted octanol–water partition coefficient (Wildman–Crippen LogP) is 2.77. The molecule has 0 aliphatic heterocycles. The molecule has 1 N–H and O–H groups in total. The Morgan fingerprint density at radius 1 is 1.32 bits per heavy atom. The fourth-order valence-corrected chi connectivity index (χ4v) is 2.70. The average molecular weight is 305 g/mol. The van der Waals surface area contributed by atoms with Crippen LogP contribution >= 0.6 is 0 Å². The Morgan fingerprint density at radius 3 is 2.59 bits per heavy atom. The van der Waals surface area contributed by atoms with Gasteiger partial charge in [-0.15, -0.1) is 5.10 Å². The van der Waals surface area contributed by atoms with Gasteiger partial charge in [-0.1, -0.05) is 6.07 Å². The van der Waals surface area contributed by atoms with Crippen LogP contribution in [-0.4, -0.2) is 44.6 Å². The standard InChI is InChI=1S/C15H23N5O2/c1-11(2)18(12(3)4)10-8-16-15-14(20(21)22)13-7-5-6-9-19(13)17-15/h5-7,9,11-12H,8,10H2,1-4H3,(H,16,17). The second-order valence-electron chi connectivity index (χ2n) is 5.84. The van der Waals surface area contributed by atoms with Crippen molar-refractivity contribution in [3.63, 3.8) is 0 Å². The van der Waals surface area contributed by atoms with Crippen molar-refractivity contribution in [2.45, 2.75) is 39.8 Å². The van der Waals surface area contributed by atoms with Crippen molar-refractivity contribution < 1.29 is 4.92 Å². The highest BCUT2D eigenvalue weighted by atomic mass is 16.6. The number of hydrogen-bond acceptors (Lipinski definition) is 5. The summed E-state index contributed by atoms with van der Waals surface area (Å²) in [6.07, 6.45) is 1.71. The second-order valence-corrected chi connectivity index (χ2v) is 5.84. The Morgan fingerprint density at radius 2 is 2.00 bits per heavy atom. The van der Waals surface area contributed by atoms with Gasteiger partial charge in [0.15, 0.2) is 0 Å². The number of nitro groups is 1. The summed E-state index contributed by atoms with van der Waals surface area (Å²) in [5.74, 6) is 0.323. The zero-order valence-corrected chi connectivity index (χ0v) is 13.5. The maximum Gasteiger partial charge on any atom is 0.338 e. The van der Waals surface area contributed by atoms with Gasteiger partial charge in [0.05, 0.1) is 4.92 Å². The van der Waals surface area contributed by atoms with Crippen molar-refractivity contribution in [3.05, 3.63) is 34.5 Å². The van der Waals surface area contributed by atoms with Gasteiger partial charge in [-0.25, -0.2) is 4.52 Å². The molecule has 2 heterocycles. The smallest absolute Gasteiger partial charge is 0.338 e. The van der Waals surface area contributed by atoms with Gasteiger partial charge in [0.25, 0.3) is 0 Å². The summed E-state index contributed by atoms with van der Waals surface area (Å²) < 4.78 is 1.53. The van der Waals surface area contributed by atoms with E-state index in [2.05, 4.69) is 43.0 Å². The molecule has 0 aliphatic carbocycles. The lowest BCUT2D eigenvalue weighted by Crippen LogP contribution is -2.40. The highest BCUT2D eigenvalue weighted by molar-refractivity contribution is 5.76. The molecule has 0 atom stereocenters. The first-order chi connectivity index (χ1) is 10.4. The van der Waals surface area contributed by atoms with E-state index < -0.39 is 0 Å². The van der Waals surface area contributed by atoms with Gasteiger partial charge in [0, 0.05) is 31.4 Å². The van der Waals surface area contributed by atoms with E-state index in [1.54, 1.807) is 24.4 Å². The van der Waals surface area contributed by atoms with Crippen molar-refractivity contribution >= 4 is 17.0 Å². The molecule has 2 aromatic rings. The fourth-order valence-electron chi connectivity index (χ4n) is 2.70. The Labute approximate surface area is 130 Å². The van der Waals surface area contributed by atoms with Crippen LogP contribution < -0.4 is 5.32 Å². The van der Waals surface area contributed by atoms with Gasteiger partial charge < -0.3 is 5.32 Å². The molecule has 0 saturated carbocycles. The molecule has 2 aromatic heterocycles. The SMILES string of the molecule is CC(C)N(CCNc1nn2ccccc2c1[N+](=O)[O-])C(C)C. The Kier molecular flexibility index (Phi) is 4.97. The van der Waals surface area contributed by atoms with Crippen LogP contribution in [0.15, 0.2) is 24.4 Å². The summed E-state index contributed by atoms with van der Waals surface area (Å²) in [6, 6.07) is 6.13. The van der Waals surface area contributed by atoms with Crippen LogP contribution in [0.5, 0.6) is 0 Å². The summed E-state index contributed by atoms with van der Waals surface area (Å²) >= 11 is 0. The van der Waals surface area contributed by atoms with E-state index in [-0.39, 0.29) is 10.6 Å². The molecule has 120 valence electrons. The molecule has 0 bridgehead atoms. The molecule has 0 saturated heterocycles. The van der Waals surface area contributed by atoms with Gasteiger partial charge in [-0.05, 0) is 39.8 Å². The number of anilines is 1. The van der Waals surface area contributed by atoms with E-state index in [0.29, 0.717) is 30.0 Å². The lowest BCUT2D eigenvalue weighted by Gasteiger charge is -2.30. The molecule has 0 unspecified atom stereocenters. The Bertz CT molecular complexity index is 642. The van der Waals surface area contributed by atoms with Gasteiger partial charge >= 0.3 is 5.69 Å². The van der Waals surface area contributed by atoms with Crippen LogP contribution in [0.1, 0.15) is 27.7 Å². The summed E-state index contributed by atoms with van der Waals surface area (Å²) in [4.78, 5) is 13.3. The molecule has 2 rings (SSSR count).